The van der Waals surface area contributed by atoms with Gasteiger partial charge in [-0.2, -0.15) is 0 Å². The number of halogens is 1. The molecule has 2 unspecified atom stereocenters. The Labute approximate surface area is 186 Å². The number of amides is 1. The summed E-state index contributed by atoms with van der Waals surface area (Å²) in [4.78, 5) is 14.2. The van der Waals surface area contributed by atoms with Crippen LogP contribution in [-0.2, 0) is 6.42 Å². The van der Waals surface area contributed by atoms with E-state index in [1.807, 2.05) is 26.2 Å². The average molecular weight is 425 g/mol. The molecule has 1 N–H and O–H groups in total. The molecule has 3 nitrogen and oxygen atoms in total. The van der Waals surface area contributed by atoms with Crippen LogP contribution >= 0.6 is 12.4 Å². The van der Waals surface area contributed by atoms with Crippen molar-refractivity contribution in [2.75, 3.05) is 27.2 Å². The molecule has 168 valence electrons. The average Bonchev–Trinajstić information content (AvgIpc) is 2.61. The first kappa shape index (κ1) is 27.9. The predicted octanol–water partition coefficient (Wildman–Crippen LogP) is 6.21. The summed E-state index contributed by atoms with van der Waals surface area (Å²) in [7, 11) is 4.02. The minimum atomic E-state index is 0. The van der Waals surface area contributed by atoms with Crippen LogP contribution in [0.4, 0.5) is 0 Å². The van der Waals surface area contributed by atoms with Crippen LogP contribution in [0.5, 0.6) is 0 Å². The number of hydrogen-bond donors (Lipinski definition) is 1. The van der Waals surface area contributed by atoms with Gasteiger partial charge >= 0.3 is 0 Å². The summed E-state index contributed by atoms with van der Waals surface area (Å²) < 4.78 is 0. The number of nitrogens with one attached hydrogen (secondary N) is 1. The molecule has 0 aliphatic heterocycles. The Hall–Kier alpha value is -1.06. The van der Waals surface area contributed by atoms with E-state index in [1.165, 1.54) is 44.1 Å². The summed E-state index contributed by atoms with van der Waals surface area (Å²) in [5.41, 5.74) is 2.09. The Balaban J connectivity index is 0.00000784. The van der Waals surface area contributed by atoms with Gasteiger partial charge in [0, 0.05) is 18.7 Å². The van der Waals surface area contributed by atoms with E-state index in [2.05, 4.69) is 50.0 Å². The number of carbonyl (C=O) groups excluding carboxylic acids is 1. The van der Waals surface area contributed by atoms with E-state index in [-0.39, 0.29) is 18.3 Å². The van der Waals surface area contributed by atoms with Crippen molar-refractivity contribution < 1.29 is 4.79 Å². The number of nitrogens with zero attached hydrogens (tertiary/aromatic N) is 1. The molecule has 1 aromatic rings. The Morgan fingerprint density at radius 2 is 1.45 bits per heavy atom. The standard InChI is InChI=1S/C25H44N2O.ClH/c1-20(2)9-7-10-21(3)11-8-12-22(4)19-23-13-15-24(16-14-23)25(28)26-17-18-27(5)6;/h13-16,20-22H,7-12,17-19H2,1-6H3,(H,26,28);1H. The monoisotopic (exact) mass is 424 g/mol. The van der Waals surface area contributed by atoms with Crippen LogP contribution in [-0.4, -0.2) is 38.0 Å². The third kappa shape index (κ3) is 13.7. The van der Waals surface area contributed by atoms with Crippen LogP contribution in [0, 0.1) is 17.8 Å². The summed E-state index contributed by atoms with van der Waals surface area (Å²) in [6.07, 6.45) is 9.20. The first-order valence-corrected chi connectivity index (χ1v) is 11.3. The van der Waals surface area contributed by atoms with E-state index in [0.717, 1.165) is 30.4 Å². The second kappa shape index (κ2) is 15.7. The molecule has 0 aliphatic carbocycles. The van der Waals surface area contributed by atoms with Crippen LogP contribution in [0.15, 0.2) is 24.3 Å². The molecule has 1 rings (SSSR count). The molecule has 2 atom stereocenters. The van der Waals surface area contributed by atoms with E-state index < -0.39 is 0 Å². The first-order valence-electron chi connectivity index (χ1n) is 11.3. The van der Waals surface area contributed by atoms with Crippen molar-refractivity contribution >= 4 is 18.3 Å². The molecular weight excluding hydrogens is 380 g/mol. The Morgan fingerprint density at radius 3 is 2.00 bits per heavy atom. The van der Waals surface area contributed by atoms with Gasteiger partial charge in [0.25, 0.3) is 5.91 Å². The Kier molecular flexibility index (Phi) is 15.2. The molecule has 0 saturated heterocycles. The third-order valence-corrected chi connectivity index (χ3v) is 5.52. The van der Waals surface area contributed by atoms with E-state index in [1.54, 1.807) is 0 Å². The maximum Gasteiger partial charge on any atom is 0.251 e. The SMILES string of the molecule is CC(C)CCCC(C)CCCC(C)Cc1ccc(C(=O)NCCN(C)C)cc1.Cl. The molecule has 0 spiro atoms. The molecule has 4 heteroatoms. The minimum absolute atomic E-state index is 0. The van der Waals surface area contributed by atoms with Crippen LogP contribution in [0.1, 0.15) is 82.1 Å². The highest BCUT2D eigenvalue weighted by Gasteiger charge is 2.09. The molecule has 0 radical (unpaired) electrons. The smallest absolute Gasteiger partial charge is 0.251 e. The highest BCUT2D eigenvalue weighted by atomic mass is 35.5. The highest BCUT2D eigenvalue weighted by molar-refractivity contribution is 5.94. The fourth-order valence-corrected chi connectivity index (χ4v) is 3.63. The van der Waals surface area contributed by atoms with Crippen molar-refractivity contribution in [3.8, 4) is 0 Å². The lowest BCUT2D eigenvalue weighted by Crippen LogP contribution is -2.31. The zero-order chi connectivity index (χ0) is 20.9. The lowest BCUT2D eigenvalue weighted by molar-refractivity contribution is 0.0951. The zero-order valence-corrected chi connectivity index (χ0v) is 20.5. The van der Waals surface area contributed by atoms with Gasteiger partial charge in [0.15, 0.2) is 0 Å². The topological polar surface area (TPSA) is 32.3 Å². The van der Waals surface area contributed by atoms with Gasteiger partial charge in [-0.3, -0.25) is 4.79 Å². The molecule has 0 bridgehead atoms. The summed E-state index contributed by atoms with van der Waals surface area (Å²) in [6.45, 7) is 10.9. The molecule has 1 amide bonds. The Morgan fingerprint density at radius 1 is 0.897 bits per heavy atom. The largest absolute Gasteiger partial charge is 0.351 e. The summed E-state index contributed by atoms with van der Waals surface area (Å²) in [5.74, 6) is 2.41. The van der Waals surface area contributed by atoms with Gasteiger partial charge in [-0.1, -0.05) is 78.4 Å². The number of rotatable bonds is 14. The van der Waals surface area contributed by atoms with Crippen LogP contribution in [0.3, 0.4) is 0 Å². The molecule has 1 aromatic carbocycles. The van der Waals surface area contributed by atoms with Crippen molar-refractivity contribution in [2.45, 2.75) is 72.6 Å². The second-order valence-corrected chi connectivity index (χ2v) is 9.43. The van der Waals surface area contributed by atoms with E-state index in [9.17, 15) is 4.79 Å². The van der Waals surface area contributed by atoms with E-state index >= 15 is 0 Å². The summed E-state index contributed by atoms with van der Waals surface area (Å²) >= 11 is 0. The summed E-state index contributed by atoms with van der Waals surface area (Å²) in [5, 5.41) is 2.97. The van der Waals surface area contributed by atoms with Gasteiger partial charge < -0.3 is 10.2 Å². The lowest BCUT2D eigenvalue weighted by Gasteiger charge is -2.15. The van der Waals surface area contributed by atoms with Crippen molar-refractivity contribution in [2.24, 2.45) is 17.8 Å². The minimum Gasteiger partial charge on any atom is -0.351 e. The van der Waals surface area contributed by atoms with Gasteiger partial charge in [0.2, 0.25) is 0 Å². The second-order valence-electron chi connectivity index (χ2n) is 9.43. The zero-order valence-electron chi connectivity index (χ0n) is 19.7. The van der Waals surface area contributed by atoms with Crippen molar-refractivity contribution in [1.82, 2.24) is 10.2 Å². The van der Waals surface area contributed by atoms with Gasteiger partial charge in [-0.25, -0.2) is 0 Å². The van der Waals surface area contributed by atoms with E-state index in [0.29, 0.717) is 12.5 Å². The molecule has 0 fully saturated rings. The highest BCUT2D eigenvalue weighted by Crippen LogP contribution is 2.21. The Bertz CT molecular complexity index is 542. The number of hydrogen-bond acceptors (Lipinski definition) is 2. The maximum absolute atomic E-state index is 12.1. The van der Waals surface area contributed by atoms with Crippen molar-refractivity contribution in [3.63, 3.8) is 0 Å². The number of benzene rings is 1. The molecule has 0 aromatic heterocycles. The quantitative estimate of drug-likeness (QED) is 0.385. The molecule has 29 heavy (non-hydrogen) atoms. The number of carbonyl (C=O) groups is 1. The lowest BCUT2D eigenvalue weighted by atomic mass is 9.91. The molecular formula is C25H45ClN2O. The van der Waals surface area contributed by atoms with E-state index in [4.69, 9.17) is 0 Å². The molecule has 0 saturated carbocycles. The van der Waals surface area contributed by atoms with Gasteiger partial charge in [-0.15, -0.1) is 12.4 Å². The normalized spacial score (nSPS) is 13.2. The van der Waals surface area contributed by atoms with Gasteiger partial charge in [0.05, 0.1) is 0 Å². The fourth-order valence-electron chi connectivity index (χ4n) is 3.63. The van der Waals surface area contributed by atoms with Gasteiger partial charge in [0.1, 0.15) is 0 Å². The molecule has 0 aliphatic rings. The number of likely N-dealkylation sites (N-methyl/N-ethyl adjacent to an activating group) is 1. The maximum atomic E-state index is 12.1. The van der Waals surface area contributed by atoms with Crippen LogP contribution in [0.25, 0.3) is 0 Å². The summed E-state index contributed by atoms with van der Waals surface area (Å²) in [6, 6.07) is 8.16. The predicted molar refractivity (Wildman–Crippen MR) is 129 cm³/mol. The van der Waals surface area contributed by atoms with Crippen molar-refractivity contribution in [1.29, 1.82) is 0 Å². The first-order chi connectivity index (χ1) is 13.3. The fraction of sp³-hybridized carbons (Fsp3) is 0.720. The van der Waals surface area contributed by atoms with Crippen LogP contribution < -0.4 is 5.32 Å². The van der Waals surface area contributed by atoms with Crippen LogP contribution in [0.2, 0.25) is 0 Å². The van der Waals surface area contributed by atoms with Crippen molar-refractivity contribution in [3.05, 3.63) is 35.4 Å². The van der Waals surface area contributed by atoms with Gasteiger partial charge in [-0.05, 0) is 56.0 Å². The molecule has 0 heterocycles. The third-order valence-electron chi connectivity index (χ3n) is 5.52.